The summed E-state index contributed by atoms with van der Waals surface area (Å²) in [6, 6.07) is 5.09. The van der Waals surface area contributed by atoms with Crippen LogP contribution in [0.15, 0.2) is 18.2 Å². The minimum absolute atomic E-state index is 0.0316. The van der Waals surface area contributed by atoms with Crippen LogP contribution in [0.1, 0.15) is 43.3 Å². The lowest BCUT2D eigenvalue weighted by Crippen LogP contribution is -2.69. The fraction of sp³-hybridized carbons (Fsp3) is 0.550. The molecule has 3 aliphatic rings. The fourth-order valence-corrected chi connectivity index (χ4v) is 5.58. The molecule has 0 aliphatic carbocycles. The summed E-state index contributed by atoms with van der Waals surface area (Å²) in [4.78, 5) is 16.0. The van der Waals surface area contributed by atoms with Gasteiger partial charge in [-0.1, -0.05) is 6.07 Å². The van der Waals surface area contributed by atoms with Gasteiger partial charge < -0.3 is 10.1 Å². The Labute approximate surface area is 157 Å². The number of benzene rings is 1. The van der Waals surface area contributed by atoms with Crippen molar-refractivity contribution >= 4 is 27.3 Å². The van der Waals surface area contributed by atoms with Crippen molar-refractivity contribution in [1.29, 1.82) is 0 Å². The number of hydrogen-bond acceptors (Lipinski definition) is 4. The van der Waals surface area contributed by atoms with Crippen LogP contribution in [0.25, 0.3) is 10.1 Å². The SMILES string of the molecule is CCOc1c(F)ccc2cc(C(=O)NC3C4CCN(CC4)C3(C)C)sc12. The van der Waals surface area contributed by atoms with Crippen molar-refractivity contribution in [3.8, 4) is 5.75 Å². The van der Waals surface area contributed by atoms with Gasteiger partial charge in [-0.2, -0.15) is 0 Å². The monoisotopic (exact) mass is 376 g/mol. The third-order valence-corrected chi connectivity index (χ3v) is 7.13. The molecule has 1 aromatic heterocycles. The Hall–Kier alpha value is -1.66. The summed E-state index contributed by atoms with van der Waals surface area (Å²) in [6.07, 6.45) is 2.28. The molecule has 1 atom stereocenters. The van der Waals surface area contributed by atoms with Crippen LogP contribution in [0, 0.1) is 11.7 Å². The molecule has 4 nitrogen and oxygen atoms in total. The summed E-state index contributed by atoms with van der Waals surface area (Å²) in [5.41, 5.74) is -0.0316. The highest BCUT2D eigenvalue weighted by molar-refractivity contribution is 7.21. The van der Waals surface area contributed by atoms with E-state index in [0.717, 1.165) is 31.3 Å². The summed E-state index contributed by atoms with van der Waals surface area (Å²) in [5.74, 6) is 0.328. The molecule has 1 unspecified atom stereocenters. The molecule has 0 spiro atoms. The summed E-state index contributed by atoms with van der Waals surface area (Å²) >= 11 is 1.30. The van der Waals surface area contributed by atoms with Crippen LogP contribution < -0.4 is 10.1 Å². The van der Waals surface area contributed by atoms with Gasteiger partial charge in [0.1, 0.15) is 0 Å². The highest BCUT2D eigenvalue weighted by atomic mass is 32.1. The second-order valence-corrected chi connectivity index (χ2v) is 8.82. The Balaban J connectivity index is 1.62. The van der Waals surface area contributed by atoms with Crippen LogP contribution in [-0.2, 0) is 0 Å². The van der Waals surface area contributed by atoms with Gasteiger partial charge in [-0.3, -0.25) is 9.69 Å². The van der Waals surface area contributed by atoms with Gasteiger partial charge in [0.2, 0.25) is 0 Å². The fourth-order valence-electron chi connectivity index (χ4n) is 4.53. The van der Waals surface area contributed by atoms with Crippen LogP contribution in [0.3, 0.4) is 0 Å². The first-order chi connectivity index (χ1) is 12.4. The minimum atomic E-state index is -0.383. The molecule has 4 heterocycles. The van der Waals surface area contributed by atoms with Crippen molar-refractivity contribution in [1.82, 2.24) is 10.2 Å². The highest BCUT2D eigenvalue weighted by Gasteiger charge is 2.48. The Morgan fingerprint density at radius 3 is 2.77 bits per heavy atom. The van der Waals surface area contributed by atoms with Gasteiger partial charge in [-0.15, -0.1) is 11.3 Å². The van der Waals surface area contributed by atoms with Crippen molar-refractivity contribution in [2.75, 3.05) is 19.7 Å². The molecule has 3 saturated heterocycles. The smallest absolute Gasteiger partial charge is 0.261 e. The Bertz CT molecular complexity index is 840. The lowest BCUT2D eigenvalue weighted by Gasteiger charge is -2.56. The number of piperidine rings is 3. The third-order valence-electron chi connectivity index (χ3n) is 5.98. The second-order valence-electron chi connectivity index (χ2n) is 7.77. The van der Waals surface area contributed by atoms with E-state index in [1.165, 1.54) is 17.4 Å². The van der Waals surface area contributed by atoms with Crippen LogP contribution in [-0.4, -0.2) is 42.1 Å². The maximum absolute atomic E-state index is 14.1. The van der Waals surface area contributed by atoms with E-state index in [2.05, 4.69) is 24.1 Å². The summed E-state index contributed by atoms with van der Waals surface area (Å²) in [7, 11) is 0. The molecule has 140 valence electrons. The first-order valence-electron chi connectivity index (χ1n) is 9.32. The number of ether oxygens (including phenoxy) is 1. The second kappa shape index (κ2) is 6.50. The zero-order chi connectivity index (χ0) is 18.5. The number of carbonyl (C=O) groups excluding carboxylic acids is 1. The van der Waals surface area contributed by atoms with Crippen LogP contribution in [0.4, 0.5) is 4.39 Å². The van der Waals surface area contributed by atoms with E-state index in [0.29, 0.717) is 22.1 Å². The molecular formula is C20H25FN2O2S. The molecule has 1 N–H and O–H groups in total. The lowest BCUT2D eigenvalue weighted by atomic mass is 9.72. The zero-order valence-electron chi connectivity index (χ0n) is 15.5. The molecule has 2 bridgehead atoms. The van der Waals surface area contributed by atoms with Gasteiger partial charge in [0, 0.05) is 11.6 Å². The van der Waals surface area contributed by atoms with Gasteiger partial charge in [-0.05, 0) is 70.1 Å². The highest BCUT2D eigenvalue weighted by Crippen LogP contribution is 2.40. The van der Waals surface area contributed by atoms with Crippen LogP contribution >= 0.6 is 11.3 Å². The zero-order valence-corrected chi connectivity index (χ0v) is 16.3. The van der Waals surface area contributed by atoms with E-state index in [1.54, 1.807) is 6.07 Å². The van der Waals surface area contributed by atoms with Gasteiger partial charge >= 0.3 is 0 Å². The Morgan fingerprint density at radius 2 is 2.12 bits per heavy atom. The van der Waals surface area contributed by atoms with E-state index < -0.39 is 0 Å². The van der Waals surface area contributed by atoms with E-state index in [4.69, 9.17) is 4.74 Å². The van der Waals surface area contributed by atoms with E-state index >= 15 is 0 Å². The predicted molar refractivity (Wildman–Crippen MR) is 103 cm³/mol. The number of fused-ring (bicyclic) bond motifs is 4. The van der Waals surface area contributed by atoms with Crippen LogP contribution in [0.2, 0.25) is 0 Å². The summed E-state index contributed by atoms with van der Waals surface area (Å²) in [5, 5.41) is 4.12. The Morgan fingerprint density at radius 1 is 1.38 bits per heavy atom. The molecule has 0 saturated carbocycles. The van der Waals surface area contributed by atoms with Crippen molar-refractivity contribution in [2.24, 2.45) is 5.92 Å². The first kappa shape index (κ1) is 17.7. The average molecular weight is 376 g/mol. The predicted octanol–water partition coefficient (Wildman–Crippen LogP) is 4.04. The molecule has 2 aromatic rings. The molecule has 3 aliphatic heterocycles. The topological polar surface area (TPSA) is 41.6 Å². The molecule has 26 heavy (non-hydrogen) atoms. The summed E-state index contributed by atoms with van der Waals surface area (Å²) in [6.45, 7) is 8.89. The van der Waals surface area contributed by atoms with Crippen LogP contribution in [0.5, 0.6) is 5.75 Å². The lowest BCUT2D eigenvalue weighted by molar-refractivity contribution is -0.0377. The summed E-state index contributed by atoms with van der Waals surface area (Å²) < 4.78 is 20.2. The number of nitrogens with zero attached hydrogens (tertiary/aromatic N) is 1. The van der Waals surface area contributed by atoms with Crippen molar-refractivity contribution in [3.63, 3.8) is 0 Å². The van der Waals surface area contributed by atoms with Crippen molar-refractivity contribution in [3.05, 3.63) is 28.9 Å². The van der Waals surface area contributed by atoms with Gasteiger partial charge in [-0.25, -0.2) is 4.39 Å². The minimum Gasteiger partial charge on any atom is -0.489 e. The van der Waals surface area contributed by atoms with Gasteiger partial charge in [0.25, 0.3) is 5.91 Å². The quantitative estimate of drug-likeness (QED) is 0.876. The van der Waals surface area contributed by atoms with Gasteiger partial charge in [0.15, 0.2) is 11.6 Å². The third kappa shape index (κ3) is 2.79. The standard InChI is InChI=1S/C20H25FN2O2S/c1-4-25-16-14(21)6-5-13-11-15(26-17(13)16)19(24)22-18-12-7-9-23(10-8-12)20(18,2)3/h5-6,11-12,18H,4,7-10H2,1-3H3,(H,22,24). The number of nitrogens with one attached hydrogen (secondary N) is 1. The van der Waals surface area contributed by atoms with E-state index in [-0.39, 0.29) is 29.1 Å². The molecule has 5 rings (SSSR count). The number of amides is 1. The molecule has 1 amide bonds. The van der Waals surface area contributed by atoms with Crippen molar-refractivity contribution in [2.45, 2.75) is 45.2 Å². The number of thiophene rings is 1. The average Bonchev–Trinajstić information content (AvgIpc) is 3.05. The number of carbonyl (C=O) groups is 1. The normalized spacial score (nSPS) is 26.8. The molecular weight excluding hydrogens is 351 g/mol. The van der Waals surface area contributed by atoms with E-state index in [9.17, 15) is 9.18 Å². The first-order valence-corrected chi connectivity index (χ1v) is 10.1. The molecule has 3 fully saturated rings. The molecule has 0 radical (unpaired) electrons. The van der Waals surface area contributed by atoms with Crippen molar-refractivity contribution < 1.29 is 13.9 Å². The number of halogens is 1. The van der Waals surface area contributed by atoms with E-state index in [1.807, 2.05) is 13.0 Å². The molecule has 1 aromatic carbocycles. The largest absolute Gasteiger partial charge is 0.489 e. The van der Waals surface area contributed by atoms with Gasteiger partial charge in [0.05, 0.1) is 16.2 Å². The Kier molecular flexibility index (Phi) is 4.43. The number of hydrogen-bond donors (Lipinski definition) is 1. The maximum atomic E-state index is 14.1. The number of rotatable bonds is 4. The maximum Gasteiger partial charge on any atom is 0.261 e. The molecule has 6 heteroatoms.